The predicted octanol–water partition coefficient (Wildman–Crippen LogP) is 3.90. The number of rotatable bonds is 4. The van der Waals surface area contributed by atoms with Crippen LogP contribution in [0.3, 0.4) is 0 Å². The quantitative estimate of drug-likeness (QED) is 0.862. The van der Waals surface area contributed by atoms with Crippen LogP contribution in [0.4, 0.5) is 4.79 Å². The zero-order chi connectivity index (χ0) is 19.4. The SMILES string of the molecule is Cc1ccccc1C(NC(=O)N1CCCC(C(=O)O)C1)c1ccccc1C. The van der Waals surface area contributed by atoms with Gasteiger partial charge in [-0.15, -0.1) is 0 Å². The van der Waals surface area contributed by atoms with Gasteiger partial charge < -0.3 is 15.3 Å². The van der Waals surface area contributed by atoms with Crippen molar-refractivity contribution in [3.63, 3.8) is 0 Å². The first-order valence-corrected chi connectivity index (χ1v) is 9.36. The number of piperidine rings is 1. The second-order valence-electron chi connectivity index (χ2n) is 7.22. The van der Waals surface area contributed by atoms with Crippen LogP contribution in [0.25, 0.3) is 0 Å². The van der Waals surface area contributed by atoms with Gasteiger partial charge in [0.05, 0.1) is 12.0 Å². The van der Waals surface area contributed by atoms with Crippen LogP contribution in [0.2, 0.25) is 0 Å². The Kier molecular flexibility index (Phi) is 5.79. The Morgan fingerprint density at radius 3 is 2.11 bits per heavy atom. The third kappa shape index (κ3) is 4.30. The van der Waals surface area contributed by atoms with Gasteiger partial charge in [0.2, 0.25) is 0 Å². The molecule has 0 radical (unpaired) electrons. The largest absolute Gasteiger partial charge is 0.481 e. The molecule has 0 aliphatic carbocycles. The molecule has 1 aliphatic rings. The lowest BCUT2D eigenvalue weighted by Gasteiger charge is -2.33. The van der Waals surface area contributed by atoms with E-state index in [2.05, 4.69) is 5.32 Å². The molecule has 3 rings (SSSR count). The number of nitrogens with zero attached hydrogens (tertiary/aromatic N) is 1. The molecule has 0 spiro atoms. The number of carbonyl (C=O) groups is 2. The van der Waals surface area contributed by atoms with Crippen LogP contribution in [0.5, 0.6) is 0 Å². The monoisotopic (exact) mass is 366 g/mol. The Balaban J connectivity index is 1.88. The lowest BCUT2D eigenvalue weighted by molar-refractivity contribution is -0.143. The number of carboxylic acid groups (broad SMARTS) is 1. The molecule has 2 aromatic carbocycles. The highest BCUT2D eigenvalue weighted by atomic mass is 16.4. The van der Waals surface area contributed by atoms with Crippen LogP contribution in [0.15, 0.2) is 48.5 Å². The van der Waals surface area contributed by atoms with Crippen LogP contribution >= 0.6 is 0 Å². The summed E-state index contributed by atoms with van der Waals surface area (Å²) in [5.74, 6) is -1.32. The lowest BCUT2D eigenvalue weighted by Crippen LogP contribution is -2.48. The molecule has 1 fully saturated rings. The van der Waals surface area contributed by atoms with Crippen molar-refractivity contribution < 1.29 is 14.7 Å². The first kappa shape index (κ1) is 19.0. The van der Waals surface area contributed by atoms with Crippen LogP contribution in [0, 0.1) is 19.8 Å². The van der Waals surface area contributed by atoms with Crippen molar-refractivity contribution in [1.82, 2.24) is 10.2 Å². The number of nitrogens with one attached hydrogen (secondary N) is 1. The van der Waals surface area contributed by atoms with Gasteiger partial charge in [-0.05, 0) is 48.9 Å². The van der Waals surface area contributed by atoms with Crippen LogP contribution < -0.4 is 5.32 Å². The first-order chi connectivity index (χ1) is 13.0. The molecular formula is C22H26N2O3. The Morgan fingerprint density at radius 2 is 1.59 bits per heavy atom. The first-order valence-electron chi connectivity index (χ1n) is 9.36. The molecule has 0 aromatic heterocycles. The minimum atomic E-state index is -0.832. The maximum absolute atomic E-state index is 13.0. The highest BCUT2D eigenvalue weighted by molar-refractivity contribution is 5.77. The molecule has 2 amide bonds. The average Bonchev–Trinajstić information content (AvgIpc) is 2.67. The predicted molar refractivity (Wildman–Crippen MR) is 105 cm³/mol. The zero-order valence-electron chi connectivity index (χ0n) is 15.8. The van der Waals surface area contributed by atoms with E-state index in [9.17, 15) is 14.7 Å². The van der Waals surface area contributed by atoms with E-state index in [-0.39, 0.29) is 18.6 Å². The average molecular weight is 366 g/mol. The number of carboxylic acids is 1. The Hall–Kier alpha value is -2.82. The van der Waals surface area contributed by atoms with Crippen molar-refractivity contribution >= 4 is 12.0 Å². The van der Waals surface area contributed by atoms with Gasteiger partial charge in [-0.1, -0.05) is 48.5 Å². The second kappa shape index (κ2) is 8.25. The highest BCUT2D eigenvalue weighted by Gasteiger charge is 2.30. The summed E-state index contributed by atoms with van der Waals surface area (Å²) >= 11 is 0. The summed E-state index contributed by atoms with van der Waals surface area (Å²) in [6.07, 6.45) is 1.34. The number of amides is 2. The van der Waals surface area contributed by atoms with E-state index in [0.717, 1.165) is 22.3 Å². The molecule has 1 heterocycles. The van der Waals surface area contributed by atoms with E-state index >= 15 is 0 Å². The van der Waals surface area contributed by atoms with Crippen molar-refractivity contribution in [3.8, 4) is 0 Å². The zero-order valence-corrected chi connectivity index (χ0v) is 15.8. The summed E-state index contributed by atoms with van der Waals surface area (Å²) in [5.41, 5.74) is 4.31. The molecule has 5 nitrogen and oxygen atoms in total. The summed E-state index contributed by atoms with van der Waals surface area (Å²) < 4.78 is 0. The van der Waals surface area contributed by atoms with Crippen LogP contribution in [-0.4, -0.2) is 35.1 Å². The standard InChI is InChI=1S/C22H26N2O3/c1-15-8-3-5-11-18(15)20(19-12-6-4-9-16(19)2)23-22(27)24-13-7-10-17(14-24)21(25)26/h3-6,8-9,11-12,17,20H,7,10,13-14H2,1-2H3,(H,23,27)(H,25,26). The van der Waals surface area contributed by atoms with Crippen LogP contribution in [-0.2, 0) is 4.79 Å². The molecule has 1 aliphatic heterocycles. The smallest absolute Gasteiger partial charge is 0.318 e. The normalized spacial score (nSPS) is 17.0. The Bertz CT molecular complexity index is 788. The topological polar surface area (TPSA) is 69.6 Å². The van der Waals surface area contributed by atoms with Gasteiger partial charge in [-0.2, -0.15) is 0 Å². The molecule has 2 N–H and O–H groups in total. The fourth-order valence-electron chi connectivity index (χ4n) is 3.72. The maximum Gasteiger partial charge on any atom is 0.318 e. The number of aliphatic carboxylic acids is 1. The van der Waals surface area contributed by atoms with Crippen molar-refractivity contribution in [1.29, 1.82) is 0 Å². The number of urea groups is 1. The third-order valence-electron chi connectivity index (χ3n) is 5.32. The maximum atomic E-state index is 13.0. The third-order valence-corrected chi connectivity index (χ3v) is 5.32. The lowest BCUT2D eigenvalue weighted by atomic mass is 9.92. The van der Waals surface area contributed by atoms with E-state index in [1.807, 2.05) is 62.4 Å². The van der Waals surface area contributed by atoms with E-state index in [1.165, 1.54) is 0 Å². The molecule has 27 heavy (non-hydrogen) atoms. The fourth-order valence-corrected chi connectivity index (χ4v) is 3.72. The molecule has 1 unspecified atom stereocenters. The summed E-state index contributed by atoms with van der Waals surface area (Å²) in [4.78, 5) is 25.9. The molecule has 0 bridgehead atoms. The van der Waals surface area contributed by atoms with Crippen LogP contribution in [0.1, 0.15) is 41.1 Å². The molecule has 2 aromatic rings. The summed E-state index contributed by atoms with van der Waals surface area (Å²) in [7, 11) is 0. The van der Waals surface area contributed by atoms with E-state index in [1.54, 1.807) is 4.90 Å². The van der Waals surface area contributed by atoms with Crippen molar-refractivity contribution in [2.45, 2.75) is 32.7 Å². The minimum absolute atomic E-state index is 0.211. The number of likely N-dealkylation sites (tertiary alicyclic amines) is 1. The van der Waals surface area contributed by atoms with Crippen molar-refractivity contribution in [2.24, 2.45) is 5.92 Å². The molecule has 5 heteroatoms. The highest BCUT2D eigenvalue weighted by Crippen LogP contribution is 2.28. The molecule has 0 saturated carbocycles. The number of hydrogen-bond acceptors (Lipinski definition) is 2. The molecule has 1 saturated heterocycles. The molecule has 1 atom stereocenters. The van der Waals surface area contributed by atoms with Gasteiger partial charge in [0.1, 0.15) is 0 Å². The van der Waals surface area contributed by atoms with Gasteiger partial charge >= 0.3 is 12.0 Å². The van der Waals surface area contributed by atoms with Gasteiger partial charge in [0.25, 0.3) is 0 Å². The van der Waals surface area contributed by atoms with Crippen molar-refractivity contribution in [3.05, 3.63) is 70.8 Å². The fraction of sp³-hybridized carbons (Fsp3) is 0.364. The van der Waals surface area contributed by atoms with Gasteiger partial charge in [-0.3, -0.25) is 4.79 Å². The van der Waals surface area contributed by atoms with Crippen molar-refractivity contribution in [2.75, 3.05) is 13.1 Å². The Labute approximate surface area is 160 Å². The van der Waals surface area contributed by atoms with E-state index < -0.39 is 11.9 Å². The van der Waals surface area contributed by atoms with E-state index in [4.69, 9.17) is 0 Å². The Morgan fingerprint density at radius 1 is 1.04 bits per heavy atom. The number of hydrogen-bond donors (Lipinski definition) is 2. The molecular weight excluding hydrogens is 340 g/mol. The number of carbonyl (C=O) groups excluding carboxylic acids is 1. The minimum Gasteiger partial charge on any atom is -0.481 e. The second-order valence-corrected chi connectivity index (χ2v) is 7.22. The molecule has 142 valence electrons. The number of benzene rings is 2. The summed E-state index contributed by atoms with van der Waals surface area (Å²) in [6, 6.07) is 15.6. The summed E-state index contributed by atoms with van der Waals surface area (Å²) in [5, 5.41) is 12.4. The van der Waals surface area contributed by atoms with E-state index in [0.29, 0.717) is 19.4 Å². The van der Waals surface area contributed by atoms with Gasteiger partial charge in [0, 0.05) is 13.1 Å². The summed E-state index contributed by atoms with van der Waals surface area (Å²) in [6.45, 7) is 4.92. The van der Waals surface area contributed by atoms with Gasteiger partial charge in [0.15, 0.2) is 0 Å². The number of aryl methyl sites for hydroxylation is 2. The van der Waals surface area contributed by atoms with Gasteiger partial charge in [-0.25, -0.2) is 4.79 Å².